The van der Waals surface area contributed by atoms with E-state index in [2.05, 4.69) is 27.0 Å². The van der Waals surface area contributed by atoms with Gasteiger partial charge in [0.05, 0.1) is 11.6 Å². The van der Waals surface area contributed by atoms with E-state index in [4.69, 9.17) is 14.9 Å². The fraction of sp³-hybridized carbons (Fsp3) is 0.263. The maximum atomic E-state index is 14.5. The molecule has 1 aliphatic heterocycles. The van der Waals surface area contributed by atoms with Crippen molar-refractivity contribution in [2.24, 2.45) is 5.73 Å². The van der Waals surface area contributed by atoms with Crippen LogP contribution < -0.4 is 10.5 Å². The number of carbonyl (C=O) groups excluding carboxylic acids is 1. The third kappa shape index (κ3) is 3.56. The highest BCUT2D eigenvalue weighted by Gasteiger charge is 2.42. The predicted molar refractivity (Wildman–Crippen MR) is 99.8 cm³/mol. The van der Waals surface area contributed by atoms with E-state index >= 15 is 0 Å². The molecule has 4 rings (SSSR count). The van der Waals surface area contributed by atoms with Crippen LogP contribution in [0, 0.1) is 18.8 Å². The SMILES string of the molecule is Cc1nnc(C(C)C#Cc2ccc3c(c2)-c2nc(C(N)=O)sc2C(F)(F)CO3)o1. The zero-order valence-electron chi connectivity index (χ0n) is 15.3. The van der Waals surface area contributed by atoms with Gasteiger partial charge in [-0.05, 0) is 25.1 Å². The molecular formula is C19H14F2N4O3S. The van der Waals surface area contributed by atoms with Gasteiger partial charge < -0.3 is 14.9 Å². The summed E-state index contributed by atoms with van der Waals surface area (Å²) in [6, 6.07) is 4.80. The van der Waals surface area contributed by atoms with Crippen LogP contribution >= 0.6 is 11.3 Å². The molecule has 1 amide bonds. The Morgan fingerprint density at radius 3 is 2.86 bits per heavy atom. The summed E-state index contributed by atoms with van der Waals surface area (Å²) in [6.07, 6.45) is 0. The van der Waals surface area contributed by atoms with E-state index in [1.807, 2.05) is 6.92 Å². The fourth-order valence-electron chi connectivity index (χ4n) is 2.75. The Kier molecular flexibility index (Phi) is 4.55. The van der Waals surface area contributed by atoms with E-state index in [9.17, 15) is 13.6 Å². The van der Waals surface area contributed by atoms with Crippen LogP contribution in [0.15, 0.2) is 22.6 Å². The largest absolute Gasteiger partial charge is 0.486 e. The zero-order valence-corrected chi connectivity index (χ0v) is 16.1. The number of fused-ring (bicyclic) bond motifs is 3. The van der Waals surface area contributed by atoms with Crippen LogP contribution in [-0.2, 0) is 5.92 Å². The minimum Gasteiger partial charge on any atom is -0.486 e. The van der Waals surface area contributed by atoms with Crippen molar-refractivity contribution < 1.29 is 22.7 Å². The Morgan fingerprint density at radius 2 is 2.17 bits per heavy atom. The van der Waals surface area contributed by atoms with Crippen LogP contribution in [0.4, 0.5) is 8.78 Å². The van der Waals surface area contributed by atoms with Crippen molar-refractivity contribution in [3.63, 3.8) is 0 Å². The van der Waals surface area contributed by atoms with Gasteiger partial charge in [-0.2, -0.15) is 8.78 Å². The van der Waals surface area contributed by atoms with Crippen LogP contribution in [0.2, 0.25) is 0 Å². The number of rotatable bonds is 2. The van der Waals surface area contributed by atoms with Crippen LogP contribution in [-0.4, -0.2) is 27.7 Å². The maximum absolute atomic E-state index is 14.5. The number of carbonyl (C=O) groups is 1. The quantitative estimate of drug-likeness (QED) is 0.643. The lowest BCUT2D eigenvalue weighted by molar-refractivity contribution is -0.0412. The molecule has 1 atom stereocenters. The van der Waals surface area contributed by atoms with Crippen LogP contribution in [0.1, 0.15) is 44.9 Å². The van der Waals surface area contributed by atoms with Gasteiger partial charge in [-0.25, -0.2) is 4.98 Å². The van der Waals surface area contributed by atoms with E-state index in [0.717, 1.165) is 0 Å². The van der Waals surface area contributed by atoms with Crippen LogP contribution in [0.25, 0.3) is 11.3 Å². The van der Waals surface area contributed by atoms with Gasteiger partial charge in [0.2, 0.25) is 11.8 Å². The Bertz CT molecular complexity index is 1180. The zero-order chi connectivity index (χ0) is 20.8. The molecule has 1 aliphatic rings. The molecule has 0 saturated heterocycles. The molecule has 148 valence electrons. The summed E-state index contributed by atoms with van der Waals surface area (Å²) in [5.74, 6) is 2.55. The number of alkyl halides is 2. The number of ether oxygens (including phenoxy) is 1. The van der Waals surface area contributed by atoms with Gasteiger partial charge in [0, 0.05) is 18.1 Å². The lowest BCUT2D eigenvalue weighted by atomic mass is 10.0. The van der Waals surface area contributed by atoms with Gasteiger partial charge in [-0.15, -0.1) is 21.5 Å². The average Bonchev–Trinajstić information content (AvgIpc) is 3.30. The van der Waals surface area contributed by atoms with Gasteiger partial charge in [0.25, 0.3) is 5.91 Å². The molecule has 2 N–H and O–H groups in total. The van der Waals surface area contributed by atoms with E-state index in [1.54, 1.807) is 25.1 Å². The lowest BCUT2D eigenvalue weighted by Gasteiger charge is -2.12. The Hall–Kier alpha value is -3.32. The number of amides is 1. The second-order valence-electron chi connectivity index (χ2n) is 6.42. The minimum absolute atomic E-state index is 0.0227. The standard InChI is InChI=1S/C19H14F2N4O3S/c1-9(17-25-24-10(2)28-17)3-4-11-5-6-13-12(7-11)14-15(19(20,21)8-27-13)29-18(23-14)16(22)26/h5-7,9H,8H2,1-2H3,(H2,22,26). The Morgan fingerprint density at radius 1 is 1.38 bits per heavy atom. The summed E-state index contributed by atoms with van der Waals surface area (Å²) in [5.41, 5.74) is 6.09. The van der Waals surface area contributed by atoms with Gasteiger partial charge in [0.15, 0.2) is 11.6 Å². The summed E-state index contributed by atoms with van der Waals surface area (Å²) in [6.45, 7) is 2.64. The van der Waals surface area contributed by atoms with Crippen molar-refractivity contribution in [3.8, 4) is 28.8 Å². The number of nitrogens with two attached hydrogens (primary N) is 1. The first-order valence-electron chi connectivity index (χ1n) is 8.52. The average molecular weight is 416 g/mol. The van der Waals surface area contributed by atoms with E-state index < -0.39 is 18.4 Å². The van der Waals surface area contributed by atoms with Crippen molar-refractivity contribution in [2.45, 2.75) is 25.7 Å². The number of halogens is 2. The van der Waals surface area contributed by atoms with Gasteiger partial charge in [0.1, 0.15) is 10.6 Å². The normalized spacial score (nSPS) is 15.2. The molecule has 0 spiro atoms. The predicted octanol–water partition coefficient (Wildman–Crippen LogP) is 3.24. The molecule has 29 heavy (non-hydrogen) atoms. The third-order valence-corrected chi connectivity index (χ3v) is 5.34. The third-order valence-electron chi connectivity index (χ3n) is 4.16. The van der Waals surface area contributed by atoms with E-state index in [-0.39, 0.29) is 27.2 Å². The molecule has 0 radical (unpaired) electrons. The van der Waals surface area contributed by atoms with Crippen LogP contribution in [0.3, 0.4) is 0 Å². The highest BCUT2D eigenvalue weighted by atomic mass is 32.1. The molecule has 7 nitrogen and oxygen atoms in total. The van der Waals surface area contributed by atoms with Crippen molar-refractivity contribution in [1.29, 1.82) is 0 Å². The molecule has 0 fully saturated rings. The maximum Gasteiger partial charge on any atom is 0.317 e. The summed E-state index contributed by atoms with van der Waals surface area (Å²) in [7, 11) is 0. The number of nitrogens with zero attached hydrogens (tertiary/aromatic N) is 3. The van der Waals surface area contributed by atoms with Crippen molar-refractivity contribution in [3.05, 3.63) is 45.4 Å². The first kappa shape index (κ1) is 19.0. The first-order chi connectivity index (χ1) is 13.7. The molecular weight excluding hydrogens is 402 g/mol. The number of aromatic nitrogens is 3. The lowest BCUT2D eigenvalue weighted by Crippen LogP contribution is -2.20. The Labute approximate surface area is 167 Å². The number of hydrogen-bond donors (Lipinski definition) is 1. The second kappa shape index (κ2) is 6.93. The smallest absolute Gasteiger partial charge is 0.317 e. The van der Waals surface area contributed by atoms with E-state index in [0.29, 0.717) is 34.2 Å². The van der Waals surface area contributed by atoms with Crippen molar-refractivity contribution in [1.82, 2.24) is 15.2 Å². The summed E-state index contributed by atoms with van der Waals surface area (Å²) in [4.78, 5) is 15.1. The number of thiazole rings is 1. The monoisotopic (exact) mass is 416 g/mol. The van der Waals surface area contributed by atoms with Gasteiger partial charge in [-0.1, -0.05) is 11.8 Å². The van der Waals surface area contributed by atoms with Crippen molar-refractivity contribution >= 4 is 17.2 Å². The number of primary amides is 1. The number of benzene rings is 1. The molecule has 2 aromatic heterocycles. The molecule has 0 bridgehead atoms. The molecule has 1 unspecified atom stereocenters. The number of hydrogen-bond acceptors (Lipinski definition) is 7. The minimum atomic E-state index is -3.30. The highest BCUT2D eigenvalue weighted by molar-refractivity contribution is 7.14. The van der Waals surface area contributed by atoms with Gasteiger partial charge >= 0.3 is 5.92 Å². The molecule has 3 heterocycles. The number of aryl methyl sites for hydroxylation is 1. The highest BCUT2D eigenvalue weighted by Crippen LogP contribution is 2.46. The Balaban J connectivity index is 1.75. The van der Waals surface area contributed by atoms with E-state index in [1.165, 1.54) is 0 Å². The molecule has 0 saturated carbocycles. The van der Waals surface area contributed by atoms with Gasteiger partial charge in [-0.3, -0.25) is 4.79 Å². The van der Waals surface area contributed by atoms with Crippen LogP contribution in [0.5, 0.6) is 5.75 Å². The molecule has 0 aliphatic carbocycles. The molecule has 10 heteroatoms. The summed E-state index contributed by atoms with van der Waals surface area (Å²) >= 11 is 0.572. The topological polar surface area (TPSA) is 104 Å². The summed E-state index contributed by atoms with van der Waals surface area (Å²) in [5, 5.41) is 7.52. The second-order valence-corrected chi connectivity index (χ2v) is 7.41. The molecule has 3 aromatic rings. The fourth-order valence-corrected chi connectivity index (χ4v) is 3.64. The first-order valence-corrected chi connectivity index (χ1v) is 9.34. The molecule has 1 aromatic carbocycles. The summed E-state index contributed by atoms with van der Waals surface area (Å²) < 4.78 is 39.6. The van der Waals surface area contributed by atoms with Crippen molar-refractivity contribution in [2.75, 3.05) is 6.61 Å².